The van der Waals surface area contributed by atoms with E-state index < -0.39 is 5.60 Å². The number of amides is 1. The normalized spacial score (nSPS) is 24.8. The predicted molar refractivity (Wildman–Crippen MR) is 120 cm³/mol. The fourth-order valence-corrected chi connectivity index (χ4v) is 4.67. The molecule has 0 aliphatic carbocycles. The molecule has 2 fully saturated rings. The van der Waals surface area contributed by atoms with Crippen molar-refractivity contribution in [2.24, 2.45) is 0 Å². The molecular weight excluding hydrogens is 402 g/mol. The average molecular weight is 438 g/mol. The maximum absolute atomic E-state index is 12.4. The minimum atomic E-state index is -0.469. The lowest BCUT2D eigenvalue weighted by Gasteiger charge is -2.49. The van der Waals surface area contributed by atoms with E-state index in [4.69, 9.17) is 16.3 Å². The number of carbonyl (C=O) groups is 1. The van der Waals surface area contributed by atoms with Gasteiger partial charge in [0.25, 0.3) is 0 Å². The number of likely N-dealkylation sites (N-methyl/N-ethyl adjacent to an activating group) is 1. The number of hydrogen-bond donors (Lipinski definition) is 1. The van der Waals surface area contributed by atoms with Gasteiger partial charge in [0, 0.05) is 49.3 Å². The number of aliphatic hydroxyl groups is 1. The van der Waals surface area contributed by atoms with Gasteiger partial charge in [-0.3, -0.25) is 9.80 Å². The van der Waals surface area contributed by atoms with Crippen molar-refractivity contribution in [3.8, 4) is 0 Å². The Morgan fingerprint density at radius 2 is 1.77 bits per heavy atom. The van der Waals surface area contributed by atoms with E-state index >= 15 is 0 Å². The van der Waals surface area contributed by atoms with Crippen LogP contribution in [-0.2, 0) is 11.2 Å². The summed E-state index contributed by atoms with van der Waals surface area (Å²) in [4.78, 5) is 19.1. The molecule has 168 valence electrons. The first-order valence-corrected chi connectivity index (χ1v) is 11.3. The van der Waals surface area contributed by atoms with Crippen LogP contribution in [0.2, 0.25) is 5.02 Å². The Morgan fingerprint density at radius 3 is 2.33 bits per heavy atom. The minimum absolute atomic E-state index is 0.148. The zero-order valence-corrected chi connectivity index (χ0v) is 19.4. The van der Waals surface area contributed by atoms with Gasteiger partial charge in [0.2, 0.25) is 0 Å². The summed E-state index contributed by atoms with van der Waals surface area (Å²) in [5.41, 5.74) is 0.806. The monoisotopic (exact) mass is 437 g/mol. The number of piperidine rings is 1. The zero-order chi connectivity index (χ0) is 21.9. The molecule has 1 amide bonds. The maximum Gasteiger partial charge on any atom is 0.410 e. The summed E-state index contributed by atoms with van der Waals surface area (Å²) >= 11 is 6.06. The molecule has 30 heavy (non-hydrogen) atoms. The second-order valence-corrected chi connectivity index (χ2v) is 10.1. The average Bonchev–Trinajstić information content (AvgIpc) is 2.69. The van der Waals surface area contributed by atoms with E-state index in [9.17, 15) is 9.90 Å². The SMILES string of the molecule is CN1C[C@H](Cc2ccc(Cl)cc2)N(C2CCN(C(=O)OC(C)(C)C)CC2)C[C@@H]1CO. The first kappa shape index (κ1) is 23.3. The Kier molecular flexibility index (Phi) is 7.66. The number of carbonyl (C=O) groups excluding carboxylic acids is 1. The van der Waals surface area contributed by atoms with Crippen LogP contribution < -0.4 is 0 Å². The lowest BCUT2D eigenvalue weighted by Crippen LogP contribution is -2.62. The third-order valence-corrected chi connectivity index (χ3v) is 6.45. The van der Waals surface area contributed by atoms with Crippen LogP contribution in [0.3, 0.4) is 0 Å². The van der Waals surface area contributed by atoms with Gasteiger partial charge < -0.3 is 14.7 Å². The number of ether oxygens (including phenoxy) is 1. The van der Waals surface area contributed by atoms with Crippen molar-refractivity contribution in [1.29, 1.82) is 0 Å². The highest BCUT2D eigenvalue weighted by molar-refractivity contribution is 6.30. The molecule has 1 aromatic carbocycles. The fraction of sp³-hybridized carbons (Fsp3) is 0.696. The molecule has 3 rings (SSSR count). The van der Waals surface area contributed by atoms with E-state index in [1.165, 1.54) is 5.56 Å². The first-order chi connectivity index (χ1) is 14.2. The number of likely N-dealkylation sites (tertiary alicyclic amines) is 1. The van der Waals surface area contributed by atoms with Gasteiger partial charge in [-0.25, -0.2) is 4.79 Å². The van der Waals surface area contributed by atoms with Crippen LogP contribution >= 0.6 is 11.6 Å². The molecule has 2 saturated heterocycles. The summed E-state index contributed by atoms with van der Waals surface area (Å²) < 4.78 is 5.54. The number of nitrogens with zero attached hydrogens (tertiary/aromatic N) is 3. The maximum atomic E-state index is 12.4. The van der Waals surface area contributed by atoms with Crippen molar-refractivity contribution in [3.63, 3.8) is 0 Å². The van der Waals surface area contributed by atoms with E-state index in [2.05, 4.69) is 29.0 Å². The third kappa shape index (κ3) is 6.10. The van der Waals surface area contributed by atoms with Crippen LogP contribution in [-0.4, -0.2) is 89.5 Å². The fourth-order valence-electron chi connectivity index (χ4n) is 4.54. The van der Waals surface area contributed by atoms with Crippen LogP contribution in [0.15, 0.2) is 24.3 Å². The van der Waals surface area contributed by atoms with Gasteiger partial charge in [-0.05, 0) is 64.8 Å². The number of aliphatic hydroxyl groups excluding tert-OH is 1. The molecule has 0 spiro atoms. The highest BCUT2D eigenvalue weighted by Gasteiger charge is 2.37. The molecular formula is C23H36ClN3O3. The summed E-state index contributed by atoms with van der Waals surface area (Å²) in [6.07, 6.45) is 2.59. The Bertz CT molecular complexity index is 699. The Balaban J connectivity index is 1.66. The van der Waals surface area contributed by atoms with E-state index in [1.807, 2.05) is 37.8 Å². The van der Waals surface area contributed by atoms with Crippen LogP contribution in [0.4, 0.5) is 4.79 Å². The lowest BCUT2D eigenvalue weighted by molar-refractivity contribution is -0.0255. The van der Waals surface area contributed by atoms with E-state index in [0.29, 0.717) is 25.2 Å². The second kappa shape index (κ2) is 9.86. The van der Waals surface area contributed by atoms with Gasteiger partial charge in [-0.2, -0.15) is 0 Å². The molecule has 2 aliphatic rings. The van der Waals surface area contributed by atoms with Gasteiger partial charge in [-0.1, -0.05) is 23.7 Å². The topological polar surface area (TPSA) is 56.2 Å². The molecule has 6 nitrogen and oxygen atoms in total. The molecule has 0 unspecified atom stereocenters. The molecule has 2 aliphatic heterocycles. The smallest absolute Gasteiger partial charge is 0.410 e. The molecule has 0 bridgehead atoms. The zero-order valence-electron chi connectivity index (χ0n) is 18.7. The van der Waals surface area contributed by atoms with E-state index in [-0.39, 0.29) is 18.7 Å². The van der Waals surface area contributed by atoms with Gasteiger partial charge in [0.15, 0.2) is 0 Å². The largest absolute Gasteiger partial charge is 0.444 e. The van der Waals surface area contributed by atoms with Crippen molar-refractivity contribution >= 4 is 17.7 Å². The van der Waals surface area contributed by atoms with Crippen LogP contribution in [0, 0.1) is 0 Å². The summed E-state index contributed by atoms with van der Waals surface area (Å²) in [5, 5.41) is 10.6. The Hall–Kier alpha value is -1.34. The summed E-state index contributed by atoms with van der Waals surface area (Å²) in [5.74, 6) is 0. The summed E-state index contributed by atoms with van der Waals surface area (Å²) in [7, 11) is 2.10. The van der Waals surface area contributed by atoms with Crippen molar-refractivity contribution in [1.82, 2.24) is 14.7 Å². The van der Waals surface area contributed by atoms with E-state index in [0.717, 1.165) is 37.4 Å². The number of benzene rings is 1. The molecule has 0 radical (unpaired) electrons. The van der Waals surface area contributed by atoms with Crippen LogP contribution in [0.25, 0.3) is 0 Å². The first-order valence-electron chi connectivity index (χ1n) is 11.0. The number of piperazine rings is 1. The Labute approximate surface area is 185 Å². The number of hydrogen-bond acceptors (Lipinski definition) is 5. The van der Waals surface area contributed by atoms with Crippen molar-refractivity contribution < 1.29 is 14.6 Å². The lowest BCUT2D eigenvalue weighted by atomic mass is 9.94. The highest BCUT2D eigenvalue weighted by atomic mass is 35.5. The predicted octanol–water partition coefficient (Wildman–Crippen LogP) is 3.26. The van der Waals surface area contributed by atoms with Crippen LogP contribution in [0.1, 0.15) is 39.2 Å². The highest BCUT2D eigenvalue weighted by Crippen LogP contribution is 2.26. The minimum Gasteiger partial charge on any atom is -0.444 e. The number of halogens is 1. The van der Waals surface area contributed by atoms with E-state index in [1.54, 1.807) is 0 Å². The van der Waals surface area contributed by atoms with Gasteiger partial charge in [-0.15, -0.1) is 0 Å². The molecule has 1 aromatic rings. The molecule has 7 heteroatoms. The molecule has 0 saturated carbocycles. The van der Waals surface area contributed by atoms with Crippen LogP contribution in [0.5, 0.6) is 0 Å². The summed E-state index contributed by atoms with van der Waals surface area (Å²) in [6.45, 7) is 9.06. The standard InChI is InChI=1S/C23H36ClN3O3/c1-23(2,3)30-22(29)26-11-9-19(10-12-26)27-15-21(16-28)25(4)14-20(27)13-17-5-7-18(24)8-6-17/h5-8,19-21,28H,9-16H2,1-4H3/t20-,21+/m0/s1. The van der Waals surface area contributed by atoms with Gasteiger partial charge >= 0.3 is 6.09 Å². The van der Waals surface area contributed by atoms with Crippen molar-refractivity contribution in [3.05, 3.63) is 34.9 Å². The Morgan fingerprint density at radius 1 is 1.13 bits per heavy atom. The molecule has 0 aromatic heterocycles. The van der Waals surface area contributed by atoms with Gasteiger partial charge in [0.1, 0.15) is 5.60 Å². The molecule has 1 N–H and O–H groups in total. The van der Waals surface area contributed by atoms with Crippen molar-refractivity contribution in [2.75, 3.05) is 39.8 Å². The third-order valence-electron chi connectivity index (χ3n) is 6.19. The summed E-state index contributed by atoms with van der Waals surface area (Å²) in [6, 6.07) is 9.02. The van der Waals surface area contributed by atoms with Gasteiger partial charge in [0.05, 0.1) is 6.61 Å². The number of rotatable bonds is 4. The van der Waals surface area contributed by atoms with Crippen molar-refractivity contribution in [2.45, 2.75) is 63.8 Å². The quantitative estimate of drug-likeness (QED) is 0.783. The molecule has 2 heterocycles. The molecule has 2 atom stereocenters. The second-order valence-electron chi connectivity index (χ2n) is 9.66.